The average Bonchev–Trinajstić information content (AvgIpc) is 2.35. The third-order valence-corrected chi connectivity index (χ3v) is 3.67. The summed E-state index contributed by atoms with van der Waals surface area (Å²) in [6, 6.07) is 1.49. The zero-order chi connectivity index (χ0) is 14.0. The molecule has 0 aliphatic carbocycles. The van der Waals surface area contributed by atoms with Gasteiger partial charge in [0.25, 0.3) is 5.56 Å². The minimum absolute atomic E-state index is 0.0107. The lowest BCUT2D eigenvalue weighted by Gasteiger charge is -2.13. The highest BCUT2D eigenvalue weighted by atomic mass is 127. The second-order valence-electron chi connectivity index (χ2n) is 4.28. The maximum atomic E-state index is 12.0. The van der Waals surface area contributed by atoms with Gasteiger partial charge in [0.15, 0.2) is 5.43 Å². The van der Waals surface area contributed by atoms with E-state index < -0.39 is 11.2 Å². The topological polar surface area (TPSA) is 87.7 Å². The Morgan fingerprint density at radius 2 is 2.00 bits per heavy atom. The summed E-state index contributed by atoms with van der Waals surface area (Å²) in [5.74, 6) is 0. The molecule has 0 fully saturated rings. The van der Waals surface area contributed by atoms with Gasteiger partial charge in [0.05, 0.1) is 4.55 Å². The molecule has 0 spiro atoms. The second kappa shape index (κ2) is 5.72. The van der Waals surface area contributed by atoms with Gasteiger partial charge in [0.1, 0.15) is 11.0 Å². The van der Waals surface area contributed by atoms with Crippen LogP contribution in [-0.2, 0) is 11.0 Å². The van der Waals surface area contributed by atoms with Gasteiger partial charge in [-0.2, -0.15) is 0 Å². The van der Waals surface area contributed by atoms with Crippen LogP contribution in [-0.4, -0.2) is 14.5 Å². The van der Waals surface area contributed by atoms with E-state index in [1.54, 1.807) is 0 Å². The maximum absolute atomic E-state index is 12.0. The third kappa shape index (κ3) is 2.65. The number of hydrogen-bond donors (Lipinski definition) is 2. The van der Waals surface area contributed by atoms with Crippen LogP contribution < -0.4 is 16.7 Å². The summed E-state index contributed by atoms with van der Waals surface area (Å²) in [6.07, 6.45) is 2.72. The molecule has 19 heavy (non-hydrogen) atoms. The van der Waals surface area contributed by atoms with E-state index in [2.05, 4.69) is 39.5 Å². The van der Waals surface area contributed by atoms with E-state index in [1.165, 1.54) is 6.07 Å². The lowest BCUT2D eigenvalue weighted by Crippen LogP contribution is -2.29. The van der Waals surface area contributed by atoms with Gasteiger partial charge in [-0.3, -0.25) is 19.6 Å². The molecule has 2 N–H and O–H groups in total. The SMILES string of the molecule is CCCCc1cc(=O)c2c(=O)[nH]c(=O)[nH]c2n1CI. The van der Waals surface area contributed by atoms with Crippen LogP contribution in [0.5, 0.6) is 0 Å². The number of aromatic amines is 2. The first-order chi connectivity index (χ1) is 9.08. The van der Waals surface area contributed by atoms with Gasteiger partial charge in [-0.05, 0) is 12.8 Å². The number of halogens is 1. The summed E-state index contributed by atoms with van der Waals surface area (Å²) in [5, 5.41) is 0.0107. The molecule has 7 heteroatoms. The summed E-state index contributed by atoms with van der Waals surface area (Å²) >= 11 is 2.14. The first kappa shape index (κ1) is 14.0. The van der Waals surface area contributed by atoms with Crippen molar-refractivity contribution in [1.29, 1.82) is 0 Å². The van der Waals surface area contributed by atoms with Crippen LogP contribution in [0, 0.1) is 0 Å². The Morgan fingerprint density at radius 1 is 1.26 bits per heavy atom. The number of alkyl halides is 1. The normalized spacial score (nSPS) is 11.1. The summed E-state index contributed by atoms with van der Waals surface area (Å²) < 4.78 is 2.37. The van der Waals surface area contributed by atoms with Gasteiger partial charge in [-0.1, -0.05) is 35.9 Å². The minimum atomic E-state index is -0.635. The van der Waals surface area contributed by atoms with Crippen molar-refractivity contribution in [3.63, 3.8) is 0 Å². The fraction of sp³-hybridized carbons (Fsp3) is 0.417. The number of pyridine rings is 1. The van der Waals surface area contributed by atoms with Crippen LogP contribution in [0.2, 0.25) is 0 Å². The lowest BCUT2D eigenvalue weighted by molar-refractivity contribution is 0.729. The molecule has 0 radical (unpaired) electrons. The molecule has 6 nitrogen and oxygen atoms in total. The number of hydrogen-bond acceptors (Lipinski definition) is 3. The van der Waals surface area contributed by atoms with Gasteiger partial charge >= 0.3 is 5.69 Å². The second-order valence-corrected chi connectivity index (χ2v) is 4.97. The van der Waals surface area contributed by atoms with Gasteiger partial charge in [0, 0.05) is 11.8 Å². The summed E-state index contributed by atoms with van der Waals surface area (Å²) in [7, 11) is 0. The number of aryl methyl sites for hydroxylation is 1. The Balaban J connectivity index is 2.85. The van der Waals surface area contributed by atoms with Crippen molar-refractivity contribution in [3.05, 3.63) is 42.8 Å². The highest BCUT2D eigenvalue weighted by molar-refractivity contribution is 14.1. The molecule has 0 atom stereocenters. The van der Waals surface area contributed by atoms with Crippen LogP contribution in [0.1, 0.15) is 25.5 Å². The highest BCUT2D eigenvalue weighted by Crippen LogP contribution is 2.11. The summed E-state index contributed by atoms with van der Waals surface area (Å²) in [4.78, 5) is 39.7. The number of rotatable bonds is 4. The van der Waals surface area contributed by atoms with Crippen molar-refractivity contribution < 1.29 is 0 Å². The van der Waals surface area contributed by atoms with E-state index in [-0.39, 0.29) is 10.8 Å². The van der Waals surface area contributed by atoms with Gasteiger partial charge in [-0.15, -0.1) is 0 Å². The number of fused-ring (bicyclic) bond motifs is 1. The molecular weight excluding hydrogens is 361 g/mol. The predicted molar refractivity (Wildman–Crippen MR) is 82.1 cm³/mol. The Hall–Kier alpha value is -1.38. The Kier molecular flexibility index (Phi) is 4.23. The number of unbranched alkanes of at least 4 members (excludes halogenated alkanes) is 1. The number of aromatic nitrogens is 3. The standard InChI is InChI=1S/C12H14IN3O3/c1-2-3-4-7-5-8(17)9-10(16(7)6-13)14-12(19)15-11(9)18/h5H,2-4,6H2,1H3,(H2,14,15,18,19). The van der Waals surface area contributed by atoms with Crippen LogP contribution in [0.15, 0.2) is 20.4 Å². The molecule has 2 rings (SSSR count). The molecule has 2 heterocycles. The first-order valence-electron chi connectivity index (χ1n) is 6.03. The number of H-pyrrole nitrogens is 2. The summed E-state index contributed by atoms with van der Waals surface area (Å²) in [5.41, 5.74) is -0.427. The lowest BCUT2D eigenvalue weighted by atomic mass is 10.1. The zero-order valence-corrected chi connectivity index (χ0v) is 12.6. The maximum Gasteiger partial charge on any atom is 0.327 e. The molecule has 0 aliphatic rings. The smallest absolute Gasteiger partial charge is 0.321 e. The fourth-order valence-corrected chi connectivity index (χ4v) is 2.83. The molecule has 0 saturated heterocycles. The van der Waals surface area contributed by atoms with Crippen molar-refractivity contribution in [2.75, 3.05) is 0 Å². The van der Waals surface area contributed by atoms with Crippen molar-refractivity contribution >= 4 is 33.6 Å². The molecule has 0 aromatic carbocycles. The monoisotopic (exact) mass is 375 g/mol. The zero-order valence-electron chi connectivity index (χ0n) is 10.5. The highest BCUT2D eigenvalue weighted by Gasteiger charge is 2.12. The van der Waals surface area contributed by atoms with E-state index in [0.29, 0.717) is 10.2 Å². The van der Waals surface area contributed by atoms with E-state index >= 15 is 0 Å². The number of nitrogens with one attached hydrogen (secondary N) is 2. The van der Waals surface area contributed by atoms with Crippen LogP contribution >= 0.6 is 22.6 Å². The molecule has 0 aliphatic heterocycles. The molecule has 0 amide bonds. The Morgan fingerprint density at radius 3 is 2.63 bits per heavy atom. The van der Waals surface area contributed by atoms with Crippen molar-refractivity contribution in [2.45, 2.75) is 30.7 Å². The van der Waals surface area contributed by atoms with Gasteiger partial charge in [-0.25, -0.2) is 4.79 Å². The quantitative estimate of drug-likeness (QED) is 0.620. The Labute approximate surface area is 122 Å². The largest absolute Gasteiger partial charge is 0.327 e. The van der Waals surface area contributed by atoms with E-state index in [1.807, 2.05) is 4.57 Å². The van der Waals surface area contributed by atoms with Crippen molar-refractivity contribution in [3.8, 4) is 0 Å². The Bertz CT molecular complexity index is 772. The van der Waals surface area contributed by atoms with Crippen molar-refractivity contribution in [2.24, 2.45) is 0 Å². The van der Waals surface area contributed by atoms with Crippen LogP contribution in [0.25, 0.3) is 11.0 Å². The predicted octanol–water partition coefficient (Wildman–Crippen LogP) is 1.11. The van der Waals surface area contributed by atoms with E-state index in [4.69, 9.17) is 0 Å². The third-order valence-electron chi connectivity index (χ3n) is 2.99. The van der Waals surface area contributed by atoms with E-state index in [9.17, 15) is 14.4 Å². The van der Waals surface area contributed by atoms with Gasteiger partial charge < -0.3 is 4.57 Å². The molecule has 102 valence electrons. The minimum Gasteiger partial charge on any atom is -0.321 e. The molecular formula is C12H14IN3O3. The molecule has 2 aromatic rings. The molecule has 2 aromatic heterocycles. The van der Waals surface area contributed by atoms with Gasteiger partial charge in [0.2, 0.25) is 0 Å². The van der Waals surface area contributed by atoms with Crippen LogP contribution in [0.4, 0.5) is 0 Å². The summed E-state index contributed by atoms with van der Waals surface area (Å²) in [6.45, 7) is 2.07. The molecule has 0 saturated carbocycles. The fourth-order valence-electron chi connectivity index (χ4n) is 2.05. The van der Waals surface area contributed by atoms with Crippen molar-refractivity contribution in [1.82, 2.24) is 14.5 Å². The first-order valence-corrected chi connectivity index (χ1v) is 7.56. The molecule has 0 bridgehead atoms. The van der Waals surface area contributed by atoms with E-state index in [0.717, 1.165) is 25.0 Å². The number of nitrogens with zero attached hydrogens (tertiary/aromatic N) is 1. The molecule has 0 unspecified atom stereocenters. The van der Waals surface area contributed by atoms with Crippen LogP contribution in [0.3, 0.4) is 0 Å². The average molecular weight is 375 g/mol.